The molecule has 4 nitrogen and oxygen atoms in total. The van der Waals surface area contributed by atoms with E-state index in [1.165, 1.54) is 16.2 Å². The lowest BCUT2D eigenvalue weighted by Crippen LogP contribution is -2.30. The summed E-state index contributed by atoms with van der Waals surface area (Å²) < 4.78 is 0.982. The molecule has 0 spiro atoms. The number of hydrogen-bond donors (Lipinski definition) is 0. The van der Waals surface area contributed by atoms with Crippen molar-refractivity contribution in [3.8, 4) is 0 Å². The number of fused-ring (bicyclic) bond motifs is 1. The van der Waals surface area contributed by atoms with Crippen LogP contribution in [-0.4, -0.2) is 16.8 Å². The van der Waals surface area contributed by atoms with Gasteiger partial charge in [0.05, 0.1) is 16.1 Å². The molecule has 0 saturated carbocycles. The number of anilines is 1. The van der Waals surface area contributed by atoms with Gasteiger partial charge in [-0.25, -0.2) is 9.88 Å². The summed E-state index contributed by atoms with van der Waals surface area (Å²) in [6.45, 7) is 2.03. The monoisotopic (exact) mass is 336 g/mol. The molecule has 0 N–H and O–H groups in total. The first kappa shape index (κ1) is 15.0. The van der Waals surface area contributed by atoms with Crippen LogP contribution in [0.1, 0.15) is 17.5 Å². The molecule has 5 heteroatoms. The third kappa shape index (κ3) is 2.61. The summed E-state index contributed by atoms with van der Waals surface area (Å²) in [6.07, 6.45) is 0.844. The SMILES string of the molecule is Cc1cccc(C[C@H]2CC(=O)N(c3nc4ccccc4s3)C2=O)c1. The van der Waals surface area contributed by atoms with Crippen LogP contribution >= 0.6 is 11.3 Å². The van der Waals surface area contributed by atoms with Crippen molar-refractivity contribution in [2.24, 2.45) is 5.92 Å². The van der Waals surface area contributed by atoms with Gasteiger partial charge < -0.3 is 0 Å². The number of rotatable bonds is 3. The topological polar surface area (TPSA) is 50.3 Å². The van der Waals surface area contributed by atoms with Gasteiger partial charge in [-0.15, -0.1) is 0 Å². The highest BCUT2D eigenvalue weighted by atomic mass is 32.1. The fraction of sp³-hybridized carbons (Fsp3) is 0.211. The number of nitrogens with zero attached hydrogens (tertiary/aromatic N) is 2. The van der Waals surface area contributed by atoms with E-state index in [0.29, 0.717) is 11.6 Å². The zero-order valence-corrected chi connectivity index (χ0v) is 14.0. The molecule has 0 aliphatic carbocycles. The van der Waals surface area contributed by atoms with E-state index >= 15 is 0 Å². The lowest BCUT2D eigenvalue weighted by Gasteiger charge is -2.11. The number of carbonyl (C=O) groups is 2. The van der Waals surface area contributed by atoms with Crippen molar-refractivity contribution in [2.75, 3.05) is 4.90 Å². The van der Waals surface area contributed by atoms with Gasteiger partial charge in [0.25, 0.3) is 0 Å². The molecule has 2 aromatic carbocycles. The largest absolute Gasteiger partial charge is 0.274 e. The molecule has 1 aliphatic rings. The quantitative estimate of drug-likeness (QED) is 0.685. The second-order valence-electron chi connectivity index (χ2n) is 6.13. The van der Waals surface area contributed by atoms with Gasteiger partial charge in [-0.3, -0.25) is 9.59 Å². The Balaban J connectivity index is 1.61. The van der Waals surface area contributed by atoms with E-state index in [4.69, 9.17) is 0 Å². The molecule has 1 atom stereocenters. The third-order valence-corrected chi connectivity index (χ3v) is 5.30. The molecule has 3 aromatic rings. The highest BCUT2D eigenvalue weighted by molar-refractivity contribution is 7.22. The van der Waals surface area contributed by atoms with Crippen LogP contribution in [0.5, 0.6) is 0 Å². The van der Waals surface area contributed by atoms with Crippen molar-refractivity contribution >= 4 is 38.5 Å². The number of carbonyl (C=O) groups excluding carboxylic acids is 2. The van der Waals surface area contributed by atoms with Crippen LogP contribution < -0.4 is 4.90 Å². The van der Waals surface area contributed by atoms with Gasteiger partial charge in [0, 0.05) is 6.42 Å². The zero-order valence-electron chi connectivity index (χ0n) is 13.2. The van der Waals surface area contributed by atoms with E-state index in [1.54, 1.807) is 0 Å². The number of imide groups is 1. The maximum atomic E-state index is 12.8. The number of amides is 2. The summed E-state index contributed by atoms with van der Waals surface area (Å²) >= 11 is 1.39. The van der Waals surface area contributed by atoms with Gasteiger partial charge in [0.15, 0.2) is 5.13 Å². The first-order chi connectivity index (χ1) is 11.6. The van der Waals surface area contributed by atoms with Crippen molar-refractivity contribution < 1.29 is 9.59 Å². The van der Waals surface area contributed by atoms with Crippen molar-refractivity contribution in [3.63, 3.8) is 0 Å². The van der Waals surface area contributed by atoms with E-state index < -0.39 is 0 Å². The molecule has 2 amide bonds. The van der Waals surface area contributed by atoms with E-state index in [2.05, 4.69) is 11.1 Å². The summed E-state index contributed by atoms with van der Waals surface area (Å²) in [6, 6.07) is 15.8. The summed E-state index contributed by atoms with van der Waals surface area (Å²) in [5.74, 6) is -0.594. The molecule has 0 radical (unpaired) electrons. The van der Waals surface area contributed by atoms with Gasteiger partial charge in [0.1, 0.15) is 0 Å². The number of thiazole rings is 1. The molecule has 1 aromatic heterocycles. The molecule has 120 valence electrons. The third-order valence-electron chi connectivity index (χ3n) is 4.28. The molecule has 2 heterocycles. The van der Waals surface area contributed by atoms with Crippen LogP contribution in [0.2, 0.25) is 0 Å². The Morgan fingerprint density at radius 2 is 2.00 bits per heavy atom. The van der Waals surface area contributed by atoms with E-state index in [-0.39, 0.29) is 24.2 Å². The molecular weight excluding hydrogens is 320 g/mol. The Kier molecular flexibility index (Phi) is 3.65. The van der Waals surface area contributed by atoms with Crippen molar-refractivity contribution in [1.82, 2.24) is 4.98 Å². The Morgan fingerprint density at radius 1 is 1.17 bits per heavy atom. The summed E-state index contributed by atoms with van der Waals surface area (Å²) in [7, 11) is 0. The maximum Gasteiger partial charge on any atom is 0.239 e. The Labute approximate surface area is 143 Å². The molecule has 0 unspecified atom stereocenters. The molecular formula is C19H16N2O2S. The normalized spacial score (nSPS) is 17.9. The summed E-state index contributed by atoms with van der Waals surface area (Å²) in [4.78, 5) is 30.9. The number of benzene rings is 2. The maximum absolute atomic E-state index is 12.8. The average molecular weight is 336 g/mol. The van der Waals surface area contributed by atoms with E-state index in [9.17, 15) is 9.59 Å². The highest BCUT2D eigenvalue weighted by Gasteiger charge is 2.40. The minimum absolute atomic E-state index is 0.138. The Bertz CT molecular complexity index is 914. The predicted octanol–water partition coefficient (Wildman–Crippen LogP) is 3.73. The standard InChI is InChI=1S/C19H16N2O2S/c1-12-5-4-6-13(9-12)10-14-11-17(22)21(18(14)23)19-20-15-7-2-3-8-16(15)24-19/h2-9,14H,10-11H2,1H3/t14-/m0/s1. The van der Waals surface area contributed by atoms with E-state index in [0.717, 1.165) is 21.3 Å². The fourth-order valence-electron chi connectivity index (χ4n) is 3.13. The molecule has 1 fully saturated rings. The van der Waals surface area contributed by atoms with Crippen molar-refractivity contribution in [1.29, 1.82) is 0 Å². The van der Waals surface area contributed by atoms with Gasteiger partial charge >= 0.3 is 0 Å². The van der Waals surface area contributed by atoms with Gasteiger partial charge in [-0.05, 0) is 31.0 Å². The second-order valence-corrected chi connectivity index (χ2v) is 7.13. The number of aromatic nitrogens is 1. The summed E-state index contributed by atoms with van der Waals surface area (Å²) in [5.41, 5.74) is 3.07. The minimum atomic E-state index is -0.300. The smallest absolute Gasteiger partial charge is 0.239 e. The summed E-state index contributed by atoms with van der Waals surface area (Å²) in [5, 5.41) is 0.484. The highest BCUT2D eigenvalue weighted by Crippen LogP contribution is 2.34. The van der Waals surface area contributed by atoms with Crippen molar-refractivity contribution in [3.05, 3.63) is 59.7 Å². The molecule has 4 rings (SSSR count). The van der Waals surface area contributed by atoms with Crippen LogP contribution in [0.3, 0.4) is 0 Å². The number of hydrogen-bond acceptors (Lipinski definition) is 4. The number of aryl methyl sites for hydroxylation is 1. The zero-order chi connectivity index (χ0) is 16.7. The van der Waals surface area contributed by atoms with Crippen LogP contribution in [-0.2, 0) is 16.0 Å². The molecule has 1 aliphatic heterocycles. The molecule has 1 saturated heterocycles. The average Bonchev–Trinajstić information content (AvgIpc) is 3.08. The van der Waals surface area contributed by atoms with Crippen molar-refractivity contribution in [2.45, 2.75) is 19.8 Å². The minimum Gasteiger partial charge on any atom is -0.274 e. The molecule has 0 bridgehead atoms. The molecule has 24 heavy (non-hydrogen) atoms. The second kappa shape index (κ2) is 5.83. The van der Waals surface area contributed by atoms with Crippen LogP contribution in [0.4, 0.5) is 5.13 Å². The lowest BCUT2D eigenvalue weighted by molar-refractivity contribution is -0.122. The first-order valence-electron chi connectivity index (χ1n) is 7.90. The van der Waals surface area contributed by atoms with Crippen LogP contribution in [0.25, 0.3) is 10.2 Å². The van der Waals surface area contributed by atoms with E-state index in [1.807, 2.05) is 49.4 Å². The predicted molar refractivity (Wildman–Crippen MR) is 95.1 cm³/mol. The Morgan fingerprint density at radius 3 is 2.79 bits per heavy atom. The number of para-hydroxylation sites is 1. The van der Waals surface area contributed by atoms with Crippen LogP contribution in [0, 0.1) is 12.8 Å². The van der Waals surface area contributed by atoms with Crippen LogP contribution in [0.15, 0.2) is 48.5 Å². The van der Waals surface area contributed by atoms with Gasteiger partial charge in [-0.1, -0.05) is 53.3 Å². The van der Waals surface area contributed by atoms with Gasteiger partial charge in [0.2, 0.25) is 11.8 Å². The lowest BCUT2D eigenvalue weighted by atomic mass is 9.97. The van der Waals surface area contributed by atoms with Gasteiger partial charge in [-0.2, -0.15) is 0 Å². The first-order valence-corrected chi connectivity index (χ1v) is 8.71. The Hall–Kier alpha value is -2.53. The fourth-order valence-corrected chi connectivity index (χ4v) is 4.12.